The summed E-state index contributed by atoms with van der Waals surface area (Å²) in [5.41, 5.74) is 1.67. The van der Waals surface area contributed by atoms with E-state index in [9.17, 15) is 13.5 Å². The van der Waals surface area contributed by atoms with Gasteiger partial charge in [-0.2, -0.15) is 0 Å². The summed E-state index contributed by atoms with van der Waals surface area (Å²) < 4.78 is 27.4. The van der Waals surface area contributed by atoms with Gasteiger partial charge in [0, 0.05) is 11.8 Å². The van der Waals surface area contributed by atoms with Crippen LogP contribution >= 0.6 is 0 Å². The quantitative estimate of drug-likeness (QED) is 0.868. The lowest BCUT2D eigenvalue weighted by molar-refractivity contribution is 0.192. The zero-order chi connectivity index (χ0) is 13.1. The number of aliphatic hydroxyl groups excluding tert-OH is 1. The van der Waals surface area contributed by atoms with E-state index in [4.69, 9.17) is 4.74 Å². The molecular weight excluding hydrogens is 240 g/mol. The Balaban J connectivity index is 2.79. The minimum atomic E-state index is -3.02. The number of hydrogen-bond acceptors (Lipinski definition) is 4. The maximum atomic E-state index is 11.0. The van der Waals surface area contributed by atoms with Crippen LogP contribution in [0.4, 0.5) is 0 Å². The van der Waals surface area contributed by atoms with Gasteiger partial charge >= 0.3 is 0 Å². The second-order valence-electron chi connectivity index (χ2n) is 4.20. The fourth-order valence-corrected chi connectivity index (χ4v) is 1.80. The lowest BCUT2D eigenvalue weighted by Crippen LogP contribution is -2.13. The summed E-state index contributed by atoms with van der Waals surface area (Å²) in [7, 11) is -3.02. The van der Waals surface area contributed by atoms with Crippen molar-refractivity contribution in [2.45, 2.75) is 20.0 Å². The van der Waals surface area contributed by atoms with Crippen molar-refractivity contribution < 1.29 is 18.3 Å². The molecule has 0 heterocycles. The zero-order valence-corrected chi connectivity index (χ0v) is 11.1. The molecule has 0 saturated carbocycles. The van der Waals surface area contributed by atoms with Crippen molar-refractivity contribution in [2.75, 3.05) is 18.6 Å². The first-order valence-corrected chi connectivity index (χ1v) is 7.45. The number of benzene rings is 1. The van der Waals surface area contributed by atoms with Crippen LogP contribution in [0.5, 0.6) is 5.75 Å². The molecule has 0 aliphatic heterocycles. The van der Waals surface area contributed by atoms with Crippen LogP contribution in [0.2, 0.25) is 0 Å². The molecule has 1 unspecified atom stereocenters. The van der Waals surface area contributed by atoms with Crippen molar-refractivity contribution in [1.29, 1.82) is 0 Å². The molecule has 0 fully saturated rings. The molecule has 1 N–H and O–H groups in total. The highest BCUT2D eigenvalue weighted by molar-refractivity contribution is 7.90. The molecule has 0 radical (unpaired) electrons. The molecule has 0 amide bonds. The number of sulfone groups is 1. The van der Waals surface area contributed by atoms with Gasteiger partial charge < -0.3 is 9.84 Å². The molecule has 17 heavy (non-hydrogen) atoms. The van der Waals surface area contributed by atoms with Crippen LogP contribution in [0.15, 0.2) is 18.2 Å². The summed E-state index contributed by atoms with van der Waals surface area (Å²) in [5, 5.41) is 9.56. The van der Waals surface area contributed by atoms with Gasteiger partial charge in [0.15, 0.2) is 9.84 Å². The monoisotopic (exact) mass is 258 g/mol. The fourth-order valence-electron chi connectivity index (χ4n) is 1.41. The number of aliphatic hydroxyl groups is 1. The predicted octanol–water partition coefficient (Wildman–Crippen LogP) is 1.47. The Hall–Kier alpha value is -1.07. The van der Waals surface area contributed by atoms with Gasteiger partial charge in [0.2, 0.25) is 0 Å². The maximum absolute atomic E-state index is 11.0. The lowest BCUT2D eigenvalue weighted by atomic mass is 10.1. The van der Waals surface area contributed by atoms with E-state index in [0.717, 1.165) is 5.56 Å². The van der Waals surface area contributed by atoms with Crippen LogP contribution in [-0.4, -0.2) is 32.1 Å². The van der Waals surface area contributed by atoms with Crippen molar-refractivity contribution in [2.24, 2.45) is 0 Å². The van der Waals surface area contributed by atoms with Crippen molar-refractivity contribution in [1.82, 2.24) is 0 Å². The summed E-state index contributed by atoms with van der Waals surface area (Å²) in [4.78, 5) is 0. The molecular formula is C12H18O4S. The van der Waals surface area contributed by atoms with E-state index in [1.165, 1.54) is 6.26 Å². The minimum absolute atomic E-state index is 0.0276. The van der Waals surface area contributed by atoms with Gasteiger partial charge in [0.1, 0.15) is 12.4 Å². The number of hydrogen-bond donors (Lipinski definition) is 1. The first kappa shape index (κ1) is 14.0. The molecule has 1 aromatic rings. The zero-order valence-electron chi connectivity index (χ0n) is 10.3. The number of ether oxygens (including phenoxy) is 1. The molecule has 0 bridgehead atoms. The van der Waals surface area contributed by atoms with Crippen molar-refractivity contribution in [3.63, 3.8) is 0 Å². The lowest BCUT2D eigenvalue weighted by Gasteiger charge is -2.13. The molecule has 4 nitrogen and oxygen atoms in total. The molecule has 0 aliphatic rings. The standard InChI is InChI=1S/C12H18O4S/c1-9-4-5-11(10(2)13)12(8-9)16-6-7-17(3,14)15/h4-5,8,10,13H,6-7H2,1-3H3. The summed E-state index contributed by atoms with van der Waals surface area (Å²) in [6.07, 6.45) is 0.533. The smallest absolute Gasteiger partial charge is 0.150 e. The van der Waals surface area contributed by atoms with Gasteiger partial charge in [-0.1, -0.05) is 12.1 Å². The summed E-state index contributed by atoms with van der Waals surface area (Å²) in [5.74, 6) is 0.517. The SMILES string of the molecule is Cc1ccc(C(C)O)c(OCCS(C)(=O)=O)c1. The Morgan fingerprint density at radius 3 is 2.59 bits per heavy atom. The first-order chi connectivity index (χ1) is 7.79. The summed E-state index contributed by atoms with van der Waals surface area (Å²) in [6, 6.07) is 5.46. The van der Waals surface area contributed by atoms with Gasteiger partial charge in [-0.15, -0.1) is 0 Å². The largest absolute Gasteiger partial charge is 0.492 e. The highest BCUT2D eigenvalue weighted by Crippen LogP contribution is 2.26. The molecule has 0 saturated heterocycles. The van der Waals surface area contributed by atoms with Gasteiger partial charge in [-0.3, -0.25) is 0 Å². The fraction of sp³-hybridized carbons (Fsp3) is 0.500. The topological polar surface area (TPSA) is 63.6 Å². The summed E-state index contributed by atoms with van der Waals surface area (Å²) >= 11 is 0. The van der Waals surface area contributed by atoms with E-state index < -0.39 is 15.9 Å². The van der Waals surface area contributed by atoms with Crippen molar-refractivity contribution >= 4 is 9.84 Å². The molecule has 0 spiro atoms. The second-order valence-corrected chi connectivity index (χ2v) is 6.46. The van der Waals surface area contributed by atoms with Gasteiger partial charge in [0.05, 0.1) is 11.9 Å². The normalized spacial score (nSPS) is 13.4. The van der Waals surface area contributed by atoms with Gasteiger partial charge in [-0.25, -0.2) is 8.42 Å². The number of rotatable bonds is 5. The van der Waals surface area contributed by atoms with Gasteiger partial charge in [-0.05, 0) is 25.5 Å². The third kappa shape index (κ3) is 4.75. The second kappa shape index (κ2) is 5.51. The van der Waals surface area contributed by atoms with E-state index in [1.807, 2.05) is 13.0 Å². The minimum Gasteiger partial charge on any atom is -0.492 e. The Labute approximate surface area is 102 Å². The average Bonchev–Trinajstić information content (AvgIpc) is 2.15. The average molecular weight is 258 g/mol. The Bertz CT molecular complexity index is 477. The maximum Gasteiger partial charge on any atom is 0.150 e. The van der Waals surface area contributed by atoms with Crippen LogP contribution in [0.1, 0.15) is 24.2 Å². The van der Waals surface area contributed by atoms with E-state index in [1.54, 1.807) is 19.1 Å². The molecule has 5 heteroatoms. The predicted molar refractivity (Wildman–Crippen MR) is 67.0 cm³/mol. The summed E-state index contributed by atoms with van der Waals surface area (Å²) in [6.45, 7) is 3.66. The van der Waals surface area contributed by atoms with Gasteiger partial charge in [0.25, 0.3) is 0 Å². The van der Waals surface area contributed by atoms with Crippen LogP contribution in [-0.2, 0) is 9.84 Å². The Morgan fingerprint density at radius 1 is 1.41 bits per heavy atom. The molecule has 1 atom stereocenters. The molecule has 1 aromatic carbocycles. The highest BCUT2D eigenvalue weighted by atomic mass is 32.2. The number of aryl methyl sites for hydroxylation is 1. The van der Waals surface area contributed by atoms with Crippen LogP contribution in [0, 0.1) is 6.92 Å². The van der Waals surface area contributed by atoms with Crippen LogP contribution in [0.3, 0.4) is 0 Å². The third-order valence-electron chi connectivity index (χ3n) is 2.33. The Morgan fingerprint density at radius 2 is 2.06 bits per heavy atom. The van der Waals surface area contributed by atoms with E-state index in [-0.39, 0.29) is 12.4 Å². The Kier molecular flexibility index (Phi) is 4.54. The van der Waals surface area contributed by atoms with E-state index >= 15 is 0 Å². The highest BCUT2D eigenvalue weighted by Gasteiger charge is 2.10. The third-order valence-corrected chi connectivity index (χ3v) is 3.24. The molecule has 0 aromatic heterocycles. The van der Waals surface area contributed by atoms with Crippen LogP contribution in [0.25, 0.3) is 0 Å². The van der Waals surface area contributed by atoms with E-state index in [2.05, 4.69) is 0 Å². The molecule has 0 aliphatic carbocycles. The first-order valence-electron chi connectivity index (χ1n) is 5.39. The van der Waals surface area contributed by atoms with Crippen molar-refractivity contribution in [3.05, 3.63) is 29.3 Å². The van der Waals surface area contributed by atoms with E-state index in [0.29, 0.717) is 11.3 Å². The van der Waals surface area contributed by atoms with Crippen molar-refractivity contribution in [3.8, 4) is 5.75 Å². The molecule has 96 valence electrons. The molecule has 1 rings (SSSR count). The van der Waals surface area contributed by atoms with Crippen LogP contribution < -0.4 is 4.74 Å².